The quantitative estimate of drug-likeness (QED) is 0.583. The molecule has 2 nitrogen and oxygen atoms in total. The third-order valence-corrected chi connectivity index (χ3v) is 3.13. The second-order valence-corrected chi connectivity index (χ2v) is 6.32. The van der Waals surface area contributed by atoms with Gasteiger partial charge in [0, 0.05) is 11.5 Å². The van der Waals surface area contributed by atoms with E-state index in [4.69, 9.17) is 5.41 Å². The lowest BCUT2D eigenvalue weighted by molar-refractivity contribution is 0.847. The van der Waals surface area contributed by atoms with Crippen LogP contribution in [-0.4, -0.2) is 24.0 Å². The molecule has 1 aliphatic carbocycles. The normalized spacial score (nSPS) is 18.2. The molecule has 0 radical (unpaired) electrons. The third-order valence-electron chi connectivity index (χ3n) is 1.67. The SMILES string of the molecule is CP(C)/C(=C/C(=N)Br)NC1CC1. The molecule has 0 amide bonds. The van der Waals surface area contributed by atoms with Crippen molar-refractivity contribution < 1.29 is 0 Å². The van der Waals surface area contributed by atoms with E-state index < -0.39 is 0 Å². The van der Waals surface area contributed by atoms with Gasteiger partial charge >= 0.3 is 0 Å². The standard InChI is InChI=1S/C8H14BrN2P/c1-12(2)8(5-7(9)10)11-6-3-4-6/h5-6,10-11H,3-4H2,1-2H3/b8-5+,10-7?. The highest BCUT2D eigenvalue weighted by atomic mass is 79.9. The highest BCUT2D eigenvalue weighted by Crippen LogP contribution is 2.36. The lowest BCUT2D eigenvalue weighted by Gasteiger charge is -2.13. The second-order valence-electron chi connectivity index (χ2n) is 3.19. The zero-order chi connectivity index (χ0) is 9.14. The summed E-state index contributed by atoms with van der Waals surface area (Å²) in [4.78, 5) is 0. The minimum Gasteiger partial charge on any atom is -0.382 e. The van der Waals surface area contributed by atoms with Crippen LogP contribution in [0.15, 0.2) is 11.5 Å². The van der Waals surface area contributed by atoms with Crippen LogP contribution >= 0.6 is 23.9 Å². The van der Waals surface area contributed by atoms with Crippen LogP contribution in [0.3, 0.4) is 0 Å². The molecule has 68 valence electrons. The van der Waals surface area contributed by atoms with E-state index in [0.717, 1.165) is 0 Å². The van der Waals surface area contributed by atoms with Gasteiger partial charge in [0.15, 0.2) is 0 Å². The first-order chi connectivity index (χ1) is 5.59. The Kier molecular flexibility index (Phi) is 3.73. The molecule has 0 heterocycles. The largest absolute Gasteiger partial charge is 0.382 e. The van der Waals surface area contributed by atoms with Gasteiger partial charge in [0.1, 0.15) is 0 Å². The number of rotatable bonds is 4. The van der Waals surface area contributed by atoms with Gasteiger partial charge in [0.2, 0.25) is 0 Å². The highest BCUT2D eigenvalue weighted by Gasteiger charge is 2.22. The van der Waals surface area contributed by atoms with Crippen LogP contribution in [0.5, 0.6) is 0 Å². The Morgan fingerprint density at radius 1 is 1.58 bits per heavy atom. The van der Waals surface area contributed by atoms with Gasteiger partial charge in [-0.15, -0.1) is 0 Å². The predicted octanol–water partition coefficient (Wildman–Crippen LogP) is 2.69. The first-order valence-electron chi connectivity index (χ1n) is 3.99. The summed E-state index contributed by atoms with van der Waals surface area (Å²) in [6, 6.07) is 0.688. The van der Waals surface area contributed by atoms with E-state index in [-0.39, 0.29) is 7.92 Å². The van der Waals surface area contributed by atoms with Gasteiger partial charge in [0.05, 0.1) is 4.62 Å². The van der Waals surface area contributed by atoms with Crippen molar-refractivity contribution in [3.8, 4) is 0 Å². The maximum absolute atomic E-state index is 7.29. The summed E-state index contributed by atoms with van der Waals surface area (Å²) in [5, 5.41) is 10.7. The van der Waals surface area contributed by atoms with Crippen LogP contribution in [0.1, 0.15) is 12.8 Å². The van der Waals surface area contributed by atoms with Crippen LogP contribution in [-0.2, 0) is 0 Å². The number of nitrogens with one attached hydrogen (secondary N) is 2. The van der Waals surface area contributed by atoms with E-state index in [1.54, 1.807) is 0 Å². The number of hydrogen-bond acceptors (Lipinski definition) is 2. The summed E-state index contributed by atoms with van der Waals surface area (Å²) in [5.74, 6) is 0. The van der Waals surface area contributed by atoms with E-state index in [9.17, 15) is 0 Å². The minimum absolute atomic E-state index is 0.110. The molecular formula is C8H14BrN2P. The average Bonchev–Trinajstić information content (AvgIpc) is 2.68. The molecule has 0 bridgehead atoms. The van der Waals surface area contributed by atoms with Gasteiger partial charge in [0.25, 0.3) is 0 Å². The predicted molar refractivity (Wildman–Crippen MR) is 59.7 cm³/mol. The fourth-order valence-corrected chi connectivity index (χ4v) is 2.09. The van der Waals surface area contributed by atoms with Gasteiger partial charge in [-0.05, 0) is 48.2 Å². The fourth-order valence-electron chi connectivity index (χ4n) is 0.857. The molecule has 0 saturated heterocycles. The van der Waals surface area contributed by atoms with Gasteiger partial charge in [-0.1, -0.05) is 7.92 Å². The molecule has 2 N–H and O–H groups in total. The minimum atomic E-state index is -0.110. The fraction of sp³-hybridized carbons (Fsp3) is 0.625. The Morgan fingerprint density at radius 3 is 2.50 bits per heavy atom. The van der Waals surface area contributed by atoms with Gasteiger partial charge in [-0.3, -0.25) is 5.41 Å². The molecule has 1 rings (SSSR count). The van der Waals surface area contributed by atoms with Crippen LogP contribution in [0.2, 0.25) is 0 Å². The van der Waals surface area contributed by atoms with Crippen molar-refractivity contribution in [1.82, 2.24) is 5.32 Å². The van der Waals surface area contributed by atoms with Crippen LogP contribution < -0.4 is 5.32 Å². The molecule has 0 aliphatic heterocycles. The Bertz CT molecular complexity index is 209. The number of allylic oxidation sites excluding steroid dienone is 1. The van der Waals surface area contributed by atoms with Crippen molar-refractivity contribution in [1.29, 1.82) is 5.41 Å². The van der Waals surface area contributed by atoms with Crippen LogP contribution in [0.4, 0.5) is 0 Å². The lowest BCUT2D eigenvalue weighted by Crippen LogP contribution is -2.14. The van der Waals surface area contributed by atoms with E-state index >= 15 is 0 Å². The molecule has 0 aromatic rings. The summed E-state index contributed by atoms with van der Waals surface area (Å²) in [6.07, 6.45) is 4.45. The Hall–Kier alpha value is 0.120. The number of halogens is 1. The monoisotopic (exact) mass is 248 g/mol. The Morgan fingerprint density at radius 2 is 2.17 bits per heavy atom. The molecule has 1 aliphatic rings. The highest BCUT2D eigenvalue weighted by molar-refractivity contribution is 9.18. The number of hydrogen-bond donors (Lipinski definition) is 2. The molecule has 0 aromatic carbocycles. The van der Waals surface area contributed by atoms with Crippen molar-refractivity contribution in [2.24, 2.45) is 0 Å². The second kappa shape index (κ2) is 4.38. The molecular weight excluding hydrogens is 235 g/mol. The molecule has 4 heteroatoms. The maximum atomic E-state index is 7.29. The van der Waals surface area contributed by atoms with Crippen molar-refractivity contribution in [2.75, 3.05) is 13.3 Å². The van der Waals surface area contributed by atoms with E-state index in [2.05, 4.69) is 34.6 Å². The summed E-state index contributed by atoms with van der Waals surface area (Å²) in [6.45, 7) is 4.40. The zero-order valence-corrected chi connectivity index (χ0v) is 9.87. The Labute approximate surface area is 83.2 Å². The van der Waals surface area contributed by atoms with Crippen molar-refractivity contribution in [3.63, 3.8) is 0 Å². The van der Waals surface area contributed by atoms with Gasteiger partial charge < -0.3 is 5.32 Å². The third kappa shape index (κ3) is 3.68. The lowest BCUT2D eigenvalue weighted by atomic mass is 10.6. The van der Waals surface area contributed by atoms with Crippen molar-refractivity contribution in [3.05, 3.63) is 11.5 Å². The molecule has 0 atom stereocenters. The first kappa shape index (κ1) is 10.2. The molecule has 12 heavy (non-hydrogen) atoms. The molecule has 0 spiro atoms. The van der Waals surface area contributed by atoms with Crippen LogP contribution in [0, 0.1) is 5.41 Å². The van der Waals surface area contributed by atoms with E-state index in [1.807, 2.05) is 6.08 Å². The smallest absolute Gasteiger partial charge is 0.0987 e. The maximum Gasteiger partial charge on any atom is 0.0987 e. The Balaban J connectivity index is 2.52. The molecule has 0 unspecified atom stereocenters. The van der Waals surface area contributed by atoms with Crippen molar-refractivity contribution >= 4 is 28.5 Å². The van der Waals surface area contributed by atoms with Gasteiger partial charge in [-0.2, -0.15) is 0 Å². The molecule has 1 fully saturated rings. The summed E-state index contributed by atoms with van der Waals surface area (Å²) < 4.78 is 0.460. The molecule has 1 saturated carbocycles. The summed E-state index contributed by atoms with van der Waals surface area (Å²) in [7, 11) is -0.110. The topological polar surface area (TPSA) is 35.9 Å². The summed E-state index contributed by atoms with van der Waals surface area (Å²) >= 11 is 3.13. The average molecular weight is 249 g/mol. The van der Waals surface area contributed by atoms with Crippen LogP contribution in [0.25, 0.3) is 0 Å². The van der Waals surface area contributed by atoms with Crippen molar-refractivity contribution in [2.45, 2.75) is 18.9 Å². The first-order valence-corrected chi connectivity index (χ1v) is 7.02. The molecule has 0 aromatic heterocycles. The van der Waals surface area contributed by atoms with Gasteiger partial charge in [-0.25, -0.2) is 0 Å². The summed E-state index contributed by atoms with van der Waals surface area (Å²) in [5.41, 5.74) is 1.23. The zero-order valence-electron chi connectivity index (χ0n) is 7.39. The van der Waals surface area contributed by atoms with E-state index in [0.29, 0.717) is 10.7 Å². The van der Waals surface area contributed by atoms with E-state index in [1.165, 1.54) is 18.3 Å².